The summed E-state index contributed by atoms with van der Waals surface area (Å²) in [6.07, 6.45) is 0.773. The first-order valence-corrected chi connectivity index (χ1v) is 10.4. The van der Waals surface area contributed by atoms with Crippen molar-refractivity contribution in [3.8, 4) is 10.6 Å². The minimum atomic E-state index is -0.420. The van der Waals surface area contributed by atoms with Crippen LogP contribution in [0, 0.1) is 12.3 Å². The molecule has 1 fully saturated rings. The third-order valence-electron chi connectivity index (χ3n) is 4.69. The number of hydrogen-bond donors (Lipinski definition) is 1. The predicted molar refractivity (Wildman–Crippen MR) is 112 cm³/mol. The van der Waals surface area contributed by atoms with Gasteiger partial charge in [0.15, 0.2) is 0 Å². The molecule has 0 bridgehead atoms. The number of hydrogen-bond acceptors (Lipinski definition) is 3. The van der Waals surface area contributed by atoms with Crippen molar-refractivity contribution >= 4 is 65.0 Å². The van der Waals surface area contributed by atoms with Crippen LogP contribution >= 0.6 is 43.2 Å². The number of aromatic nitrogens is 1. The maximum Gasteiger partial charge on any atom is 0.232 e. The van der Waals surface area contributed by atoms with E-state index in [0.717, 1.165) is 28.2 Å². The summed E-state index contributed by atoms with van der Waals surface area (Å²) in [5, 5.41) is 3.99. The number of benzene rings is 2. The average Bonchev–Trinajstić information content (AvgIpc) is 2.91. The van der Waals surface area contributed by atoms with Crippen molar-refractivity contribution in [2.24, 2.45) is 5.41 Å². The number of carbonyl (C=O) groups excluding carboxylic acids is 1. The Morgan fingerprint density at radius 3 is 2.52 bits per heavy atom. The molecule has 1 heterocycles. The number of rotatable bonds is 3. The standard InChI is InChI=1S/C19H16Br2N2OS/c1-11-3-8-15-14(9-11)23-16(25-15)12-4-6-13(7-5-12)22-17(24)18(2)10-19(18,20)21/h3-9H,10H2,1-2H3,(H,22,24). The van der Waals surface area contributed by atoms with Crippen LogP contribution in [0.4, 0.5) is 5.69 Å². The Labute approximate surface area is 167 Å². The third-order valence-corrected chi connectivity index (χ3v) is 8.09. The SMILES string of the molecule is Cc1ccc2sc(-c3ccc(NC(=O)C4(C)CC4(Br)Br)cc3)nc2c1. The van der Waals surface area contributed by atoms with E-state index in [2.05, 4.69) is 62.3 Å². The number of fused-ring (bicyclic) bond motifs is 1. The molecule has 3 aromatic rings. The van der Waals surface area contributed by atoms with Gasteiger partial charge in [-0.05, 0) is 62.2 Å². The highest BCUT2D eigenvalue weighted by atomic mass is 79.9. The number of halogens is 2. The summed E-state index contributed by atoms with van der Waals surface area (Å²) < 4.78 is 0.904. The van der Waals surface area contributed by atoms with Gasteiger partial charge in [-0.3, -0.25) is 4.79 Å². The smallest absolute Gasteiger partial charge is 0.232 e. The second-order valence-corrected chi connectivity index (χ2v) is 11.5. The largest absolute Gasteiger partial charge is 0.326 e. The highest BCUT2D eigenvalue weighted by molar-refractivity contribution is 9.25. The molecule has 0 aliphatic heterocycles. The molecule has 0 spiro atoms. The highest BCUT2D eigenvalue weighted by Gasteiger charge is 2.66. The van der Waals surface area contributed by atoms with E-state index in [9.17, 15) is 4.79 Å². The lowest BCUT2D eigenvalue weighted by Gasteiger charge is -2.13. The van der Waals surface area contributed by atoms with Crippen molar-refractivity contribution in [3.63, 3.8) is 0 Å². The van der Waals surface area contributed by atoms with E-state index in [1.54, 1.807) is 11.3 Å². The van der Waals surface area contributed by atoms with Crippen LogP contribution in [0.5, 0.6) is 0 Å². The van der Waals surface area contributed by atoms with Crippen LogP contribution in [0.2, 0.25) is 0 Å². The molecule has 1 atom stereocenters. The van der Waals surface area contributed by atoms with Crippen molar-refractivity contribution in [1.82, 2.24) is 4.98 Å². The molecule has 2 aromatic carbocycles. The monoisotopic (exact) mass is 478 g/mol. The lowest BCUT2D eigenvalue weighted by atomic mass is 10.1. The van der Waals surface area contributed by atoms with Gasteiger partial charge < -0.3 is 5.32 Å². The van der Waals surface area contributed by atoms with E-state index >= 15 is 0 Å². The second-order valence-electron chi connectivity index (χ2n) is 6.74. The van der Waals surface area contributed by atoms with Gasteiger partial charge in [0.2, 0.25) is 5.91 Å². The minimum Gasteiger partial charge on any atom is -0.326 e. The summed E-state index contributed by atoms with van der Waals surface area (Å²) in [5.41, 5.74) is 3.69. The number of alkyl halides is 2. The Kier molecular flexibility index (Phi) is 4.05. The fourth-order valence-electron chi connectivity index (χ4n) is 2.77. The highest BCUT2D eigenvalue weighted by Crippen LogP contribution is 2.66. The van der Waals surface area contributed by atoms with Gasteiger partial charge in [-0.15, -0.1) is 11.3 Å². The van der Waals surface area contributed by atoms with Gasteiger partial charge in [0, 0.05) is 11.3 Å². The van der Waals surface area contributed by atoms with Crippen molar-refractivity contribution in [1.29, 1.82) is 0 Å². The predicted octanol–water partition coefficient (Wildman–Crippen LogP) is 6.11. The van der Waals surface area contributed by atoms with Crippen molar-refractivity contribution < 1.29 is 4.79 Å². The molecular formula is C19H16Br2N2OS. The average molecular weight is 480 g/mol. The lowest BCUT2D eigenvalue weighted by molar-refractivity contribution is -0.120. The molecule has 1 aliphatic carbocycles. The van der Waals surface area contributed by atoms with Crippen molar-refractivity contribution in [2.45, 2.75) is 23.5 Å². The Hall–Kier alpha value is -1.24. The molecule has 1 amide bonds. The second kappa shape index (κ2) is 5.89. The van der Waals surface area contributed by atoms with Crippen LogP contribution in [0.1, 0.15) is 18.9 Å². The molecule has 1 N–H and O–H groups in total. The minimum absolute atomic E-state index is 0.0180. The van der Waals surface area contributed by atoms with E-state index in [1.807, 2.05) is 31.2 Å². The Morgan fingerprint density at radius 2 is 1.88 bits per heavy atom. The molecule has 4 rings (SSSR count). The first kappa shape index (κ1) is 17.2. The lowest BCUT2D eigenvalue weighted by Crippen LogP contribution is -2.25. The molecule has 1 aliphatic rings. The molecule has 128 valence electrons. The van der Waals surface area contributed by atoms with Gasteiger partial charge in [-0.2, -0.15) is 0 Å². The summed E-state index contributed by atoms with van der Waals surface area (Å²) in [4.78, 5) is 17.2. The molecular weight excluding hydrogens is 464 g/mol. The van der Waals surface area contributed by atoms with Gasteiger partial charge in [0.05, 0.1) is 18.9 Å². The Balaban J connectivity index is 1.54. The molecule has 25 heavy (non-hydrogen) atoms. The summed E-state index contributed by atoms with van der Waals surface area (Å²) in [5.74, 6) is 0.0180. The number of aryl methyl sites for hydroxylation is 1. The topological polar surface area (TPSA) is 42.0 Å². The normalized spacial score (nSPS) is 21.3. The molecule has 1 aromatic heterocycles. The summed E-state index contributed by atoms with van der Waals surface area (Å²) in [7, 11) is 0. The first-order chi connectivity index (χ1) is 11.8. The maximum atomic E-state index is 12.4. The molecule has 6 heteroatoms. The molecule has 3 nitrogen and oxygen atoms in total. The van der Waals surface area contributed by atoms with E-state index in [-0.39, 0.29) is 9.14 Å². The number of nitrogens with zero attached hydrogens (tertiary/aromatic N) is 1. The quantitative estimate of drug-likeness (QED) is 0.460. The van der Waals surface area contributed by atoms with Gasteiger partial charge in [-0.1, -0.05) is 37.9 Å². The molecule has 1 unspecified atom stereocenters. The summed E-state index contributed by atoms with van der Waals surface area (Å²) in [6.45, 7) is 4.02. The zero-order valence-electron chi connectivity index (χ0n) is 13.8. The van der Waals surface area contributed by atoms with Gasteiger partial charge in [-0.25, -0.2) is 4.98 Å². The zero-order valence-corrected chi connectivity index (χ0v) is 17.8. The summed E-state index contributed by atoms with van der Waals surface area (Å²) >= 11 is 8.75. The fraction of sp³-hybridized carbons (Fsp3) is 0.263. The van der Waals surface area contributed by atoms with Crippen LogP contribution in [0.3, 0.4) is 0 Å². The van der Waals surface area contributed by atoms with Crippen LogP contribution in [0.15, 0.2) is 42.5 Å². The third kappa shape index (κ3) is 3.04. The first-order valence-electron chi connectivity index (χ1n) is 7.95. The van der Waals surface area contributed by atoms with Crippen LogP contribution in [-0.4, -0.2) is 14.1 Å². The summed E-state index contributed by atoms with van der Waals surface area (Å²) in [6, 6.07) is 14.2. The van der Waals surface area contributed by atoms with E-state index in [1.165, 1.54) is 10.3 Å². The zero-order chi connectivity index (χ0) is 17.8. The van der Waals surface area contributed by atoms with Gasteiger partial charge >= 0.3 is 0 Å². The van der Waals surface area contributed by atoms with Crippen LogP contribution < -0.4 is 5.32 Å². The van der Waals surface area contributed by atoms with Crippen molar-refractivity contribution in [3.05, 3.63) is 48.0 Å². The number of thiazole rings is 1. The van der Waals surface area contributed by atoms with Gasteiger partial charge in [0.1, 0.15) is 5.01 Å². The van der Waals surface area contributed by atoms with E-state index in [0.29, 0.717) is 0 Å². The Morgan fingerprint density at radius 1 is 1.20 bits per heavy atom. The number of amides is 1. The van der Waals surface area contributed by atoms with E-state index in [4.69, 9.17) is 4.98 Å². The molecule has 0 radical (unpaired) electrons. The fourth-order valence-corrected chi connectivity index (χ4v) is 5.21. The number of anilines is 1. The van der Waals surface area contributed by atoms with Crippen LogP contribution in [-0.2, 0) is 4.79 Å². The van der Waals surface area contributed by atoms with Crippen LogP contribution in [0.25, 0.3) is 20.8 Å². The Bertz CT molecular complexity index is 981. The molecule has 0 saturated heterocycles. The number of carbonyl (C=O) groups is 1. The maximum absolute atomic E-state index is 12.4. The molecule has 1 saturated carbocycles. The van der Waals surface area contributed by atoms with E-state index < -0.39 is 5.41 Å². The van der Waals surface area contributed by atoms with Crippen molar-refractivity contribution in [2.75, 3.05) is 5.32 Å². The number of nitrogens with one attached hydrogen (secondary N) is 1. The van der Waals surface area contributed by atoms with Gasteiger partial charge in [0.25, 0.3) is 0 Å².